The molecule has 0 radical (unpaired) electrons. The van der Waals surface area contributed by atoms with Crippen molar-refractivity contribution in [3.8, 4) is 0 Å². The van der Waals surface area contributed by atoms with Crippen molar-refractivity contribution < 1.29 is 9.90 Å². The van der Waals surface area contributed by atoms with Crippen molar-refractivity contribution in [2.75, 3.05) is 13.1 Å². The van der Waals surface area contributed by atoms with Crippen molar-refractivity contribution >= 4 is 17.3 Å². The summed E-state index contributed by atoms with van der Waals surface area (Å²) in [5.41, 5.74) is 0. The van der Waals surface area contributed by atoms with Gasteiger partial charge in [0.2, 0.25) is 0 Å². The van der Waals surface area contributed by atoms with Gasteiger partial charge in [0.05, 0.1) is 0 Å². The molecule has 0 aliphatic heterocycles. The molecule has 1 saturated carbocycles. The maximum absolute atomic E-state index is 10.8. The molecule has 1 aliphatic carbocycles. The van der Waals surface area contributed by atoms with Crippen molar-refractivity contribution in [1.82, 2.24) is 4.90 Å². The highest BCUT2D eigenvalue weighted by Gasteiger charge is 2.23. The number of rotatable bonds is 6. The zero-order chi connectivity index (χ0) is 11.5. The van der Waals surface area contributed by atoms with Crippen LogP contribution in [0, 0.1) is 5.92 Å². The van der Waals surface area contributed by atoms with Crippen LogP contribution in [0.3, 0.4) is 0 Å². The average molecular weight is 239 g/mol. The first kappa shape index (κ1) is 11.6. The summed E-state index contributed by atoms with van der Waals surface area (Å²) in [4.78, 5) is 14.7. The van der Waals surface area contributed by atoms with Gasteiger partial charge in [-0.25, -0.2) is 4.79 Å². The molecule has 1 heterocycles. The van der Waals surface area contributed by atoms with Gasteiger partial charge in [-0.1, -0.05) is 6.92 Å². The van der Waals surface area contributed by atoms with Gasteiger partial charge in [-0.05, 0) is 37.4 Å². The summed E-state index contributed by atoms with van der Waals surface area (Å²) in [5.74, 6) is 0.0698. The SMILES string of the molecule is CCN(Cc1ccc(C(=O)O)s1)CC1CC1. The van der Waals surface area contributed by atoms with Crippen LogP contribution in [0.15, 0.2) is 12.1 Å². The Morgan fingerprint density at radius 3 is 2.81 bits per heavy atom. The van der Waals surface area contributed by atoms with E-state index in [-0.39, 0.29) is 0 Å². The number of hydrogen-bond donors (Lipinski definition) is 1. The van der Waals surface area contributed by atoms with E-state index in [1.807, 2.05) is 6.07 Å². The highest BCUT2D eigenvalue weighted by molar-refractivity contribution is 7.13. The van der Waals surface area contributed by atoms with Gasteiger partial charge >= 0.3 is 5.97 Å². The first-order valence-corrected chi connectivity index (χ1v) is 6.55. The van der Waals surface area contributed by atoms with E-state index < -0.39 is 5.97 Å². The molecule has 0 bridgehead atoms. The van der Waals surface area contributed by atoms with Crippen LogP contribution in [-0.2, 0) is 6.54 Å². The highest BCUT2D eigenvalue weighted by Crippen LogP contribution is 2.30. The van der Waals surface area contributed by atoms with Crippen LogP contribution in [0.5, 0.6) is 0 Å². The summed E-state index contributed by atoms with van der Waals surface area (Å²) >= 11 is 1.39. The molecule has 1 N–H and O–H groups in total. The molecule has 0 atom stereocenters. The maximum Gasteiger partial charge on any atom is 0.345 e. The number of carboxylic acids is 1. The summed E-state index contributed by atoms with van der Waals surface area (Å²) < 4.78 is 0. The number of carbonyl (C=O) groups is 1. The predicted molar refractivity (Wildman–Crippen MR) is 65.0 cm³/mol. The van der Waals surface area contributed by atoms with E-state index in [4.69, 9.17) is 5.11 Å². The fraction of sp³-hybridized carbons (Fsp3) is 0.583. The number of carboxylic acid groups (broad SMARTS) is 1. The van der Waals surface area contributed by atoms with Gasteiger partial charge in [0.15, 0.2) is 0 Å². The number of thiophene rings is 1. The second-order valence-corrected chi connectivity index (χ2v) is 5.51. The van der Waals surface area contributed by atoms with Crippen LogP contribution in [-0.4, -0.2) is 29.1 Å². The molecule has 1 fully saturated rings. The second-order valence-electron chi connectivity index (χ2n) is 4.34. The molecular weight excluding hydrogens is 222 g/mol. The maximum atomic E-state index is 10.8. The Hall–Kier alpha value is -0.870. The third-order valence-electron chi connectivity index (χ3n) is 2.91. The molecule has 16 heavy (non-hydrogen) atoms. The summed E-state index contributed by atoms with van der Waals surface area (Å²) in [6, 6.07) is 3.64. The molecule has 1 aliphatic rings. The summed E-state index contributed by atoms with van der Waals surface area (Å²) in [6.45, 7) is 5.26. The van der Waals surface area contributed by atoms with Crippen LogP contribution in [0.1, 0.15) is 34.3 Å². The Bertz CT molecular complexity index is 371. The van der Waals surface area contributed by atoms with E-state index in [0.717, 1.165) is 30.4 Å². The Morgan fingerprint density at radius 2 is 2.31 bits per heavy atom. The first-order valence-electron chi connectivity index (χ1n) is 5.73. The van der Waals surface area contributed by atoms with E-state index in [9.17, 15) is 4.79 Å². The summed E-state index contributed by atoms with van der Waals surface area (Å²) in [5, 5.41) is 8.84. The fourth-order valence-corrected chi connectivity index (χ4v) is 2.66. The molecule has 3 nitrogen and oxygen atoms in total. The van der Waals surface area contributed by atoms with E-state index in [2.05, 4.69) is 11.8 Å². The molecule has 0 aromatic carbocycles. The standard InChI is InChI=1S/C12H17NO2S/c1-2-13(7-9-3-4-9)8-10-5-6-11(16-10)12(14)15/h5-6,9H,2-4,7-8H2,1H3,(H,14,15). The van der Waals surface area contributed by atoms with Crippen molar-refractivity contribution in [2.24, 2.45) is 5.92 Å². The zero-order valence-corrected chi connectivity index (χ0v) is 10.3. The van der Waals surface area contributed by atoms with Crippen molar-refractivity contribution in [1.29, 1.82) is 0 Å². The number of nitrogens with zero attached hydrogens (tertiary/aromatic N) is 1. The monoisotopic (exact) mass is 239 g/mol. The molecule has 0 unspecified atom stereocenters. The Kier molecular flexibility index (Phi) is 3.61. The fourth-order valence-electron chi connectivity index (χ4n) is 1.77. The zero-order valence-electron chi connectivity index (χ0n) is 9.48. The summed E-state index contributed by atoms with van der Waals surface area (Å²) in [6.07, 6.45) is 2.72. The Labute approximate surface area is 99.7 Å². The van der Waals surface area contributed by atoms with Gasteiger partial charge < -0.3 is 5.11 Å². The van der Waals surface area contributed by atoms with Gasteiger partial charge in [0, 0.05) is 18.0 Å². The summed E-state index contributed by atoms with van der Waals surface area (Å²) in [7, 11) is 0. The van der Waals surface area contributed by atoms with Gasteiger partial charge in [-0.3, -0.25) is 4.90 Å². The predicted octanol–water partition coefficient (Wildman–Crippen LogP) is 2.68. The van der Waals surface area contributed by atoms with Crippen molar-refractivity contribution in [2.45, 2.75) is 26.3 Å². The molecule has 0 spiro atoms. The first-order chi connectivity index (χ1) is 7.69. The minimum Gasteiger partial charge on any atom is -0.477 e. The van der Waals surface area contributed by atoms with Crippen LogP contribution in [0.4, 0.5) is 0 Å². The quantitative estimate of drug-likeness (QED) is 0.829. The molecule has 4 heteroatoms. The Balaban J connectivity index is 1.92. The molecule has 0 amide bonds. The van der Waals surface area contributed by atoms with Crippen LogP contribution >= 0.6 is 11.3 Å². The molecule has 88 valence electrons. The van der Waals surface area contributed by atoms with Gasteiger partial charge in [0.25, 0.3) is 0 Å². The highest BCUT2D eigenvalue weighted by atomic mass is 32.1. The number of hydrogen-bond acceptors (Lipinski definition) is 3. The smallest absolute Gasteiger partial charge is 0.345 e. The van der Waals surface area contributed by atoms with Gasteiger partial charge in [-0.2, -0.15) is 0 Å². The third kappa shape index (κ3) is 3.06. The van der Waals surface area contributed by atoms with E-state index in [1.54, 1.807) is 6.07 Å². The minimum atomic E-state index is -0.818. The lowest BCUT2D eigenvalue weighted by Crippen LogP contribution is -2.24. The van der Waals surface area contributed by atoms with E-state index in [0.29, 0.717) is 4.88 Å². The lowest BCUT2D eigenvalue weighted by atomic mass is 10.3. The van der Waals surface area contributed by atoms with Crippen LogP contribution < -0.4 is 0 Å². The number of aromatic carboxylic acids is 1. The largest absolute Gasteiger partial charge is 0.477 e. The molecule has 2 rings (SSSR count). The lowest BCUT2D eigenvalue weighted by Gasteiger charge is -2.18. The van der Waals surface area contributed by atoms with Gasteiger partial charge in [-0.15, -0.1) is 11.3 Å². The van der Waals surface area contributed by atoms with Crippen molar-refractivity contribution in [3.05, 3.63) is 21.9 Å². The topological polar surface area (TPSA) is 40.5 Å². The molecule has 0 saturated heterocycles. The lowest BCUT2D eigenvalue weighted by molar-refractivity contribution is 0.0702. The van der Waals surface area contributed by atoms with Crippen LogP contribution in [0.2, 0.25) is 0 Å². The molecule has 1 aromatic heterocycles. The van der Waals surface area contributed by atoms with Gasteiger partial charge in [0.1, 0.15) is 4.88 Å². The molecule has 1 aromatic rings. The minimum absolute atomic E-state index is 0.442. The van der Waals surface area contributed by atoms with E-state index in [1.165, 1.54) is 24.2 Å². The average Bonchev–Trinajstić information content (AvgIpc) is 2.93. The molecular formula is C12H17NO2S. The van der Waals surface area contributed by atoms with E-state index >= 15 is 0 Å². The van der Waals surface area contributed by atoms with Crippen molar-refractivity contribution in [3.63, 3.8) is 0 Å². The van der Waals surface area contributed by atoms with Crippen LogP contribution in [0.25, 0.3) is 0 Å². The second kappa shape index (κ2) is 4.97. The normalized spacial score (nSPS) is 15.6. The Morgan fingerprint density at radius 1 is 1.56 bits per heavy atom. The third-order valence-corrected chi connectivity index (χ3v) is 3.97.